The second-order valence-corrected chi connectivity index (χ2v) is 6.11. The maximum atomic E-state index is 4.50. The van der Waals surface area contributed by atoms with Gasteiger partial charge in [0.2, 0.25) is 0 Å². The second-order valence-electron chi connectivity index (χ2n) is 5.19. The molecule has 3 heteroatoms. The Morgan fingerprint density at radius 2 is 2.00 bits per heavy atom. The third-order valence-corrected chi connectivity index (χ3v) is 4.69. The summed E-state index contributed by atoms with van der Waals surface area (Å²) in [7, 11) is 0. The Hall–Kier alpha value is -0.410. The van der Waals surface area contributed by atoms with E-state index in [0.717, 1.165) is 12.0 Å². The summed E-state index contributed by atoms with van der Waals surface area (Å²) in [4.78, 5) is 4.50. The van der Waals surface area contributed by atoms with Crippen molar-refractivity contribution >= 4 is 11.3 Å². The molecule has 2 aliphatic rings. The van der Waals surface area contributed by atoms with Gasteiger partial charge >= 0.3 is 0 Å². The molecule has 0 amide bonds. The van der Waals surface area contributed by atoms with Crippen LogP contribution in [0, 0.1) is 5.92 Å². The quantitative estimate of drug-likeness (QED) is 0.865. The van der Waals surface area contributed by atoms with E-state index in [4.69, 9.17) is 0 Å². The average Bonchev–Trinajstić information content (AvgIpc) is 3.02. The van der Waals surface area contributed by atoms with Crippen molar-refractivity contribution < 1.29 is 0 Å². The van der Waals surface area contributed by atoms with Gasteiger partial charge in [-0.3, -0.25) is 0 Å². The van der Waals surface area contributed by atoms with Crippen molar-refractivity contribution in [3.8, 4) is 0 Å². The molecule has 1 N–H and O–H groups in total. The van der Waals surface area contributed by atoms with Crippen LogP contribution < -0.4 is 5.32 Å². The summed E-state index contributed by atoms with van der Waals surface area (Å²) in [6.07, 6.45) is 11.7. The van der Waals surface area contributed by atoms with E-state index in [-0.39, 0.29) is 0 Å². The molecule has 0 aliphatic heterocycles. The monoisotopic (exact) mass is 236 g/mol. The molecule has 1 aromatic heterocycles. The first-order chi connectivity index (χ1) is 7.93. The molecule has 1 heterocycles. The highest BCUT2D eigenvalue weighted by Crippen LogP contribution is 2.42. The minimum Gasteiger partial charge on any atom is -0.305 e. The van der Waals surface area contributed by atoms with Crippen molar-refractivity contribution in [1.82, 2.24) is 10.3 Å². The third-order valence-electron chi connectivity index (χ3n) is 3.83. The van der Waals surface area contributed by atoms with Gasteiger partial charge < -0.3 is 5.32 Å². The lowest BCUT2D eigenvalue weighted by atomic mass is 9.94. The van der Waals surface area contributed by atoms with Crippen molar-refractivity contribution in [2.75, 3.05) is 0 Å². The molecular formula is C13H20N2S. The van der Waals surface area contributed by atoms with E-state index in [2.05, 4.69) is 15.7 Å². The zero-order chi connectivity index (χ0) is 10.8. The van der Waals surface area contributed by atoms with Gasteiger partial charge in [0.25, 0.3) is 0 Å². The summed E-state index contributed by atoms with van der Waals surface area (Å²) in [5.74, 6) is 0.869. The number of thiazole rings is 1. The van der Waals surface area contributed by atoms with Gasteiger partial charge in [-0.15, -0.1) is 11.3 Å². The first-order valence-corrected chi connectivity index (χ1v) is 7.47. The maximum Gasteiger partial charge on any atom is 0.110 e. The van der Waals surface area contributed by atoms with E-state index in [1.54, 1.807) is 0 Å². The Balaban J connectivity index is 1.64. The van der Waals surface area contributed by atoms with Crippen LogP contribution in [0.15, 0.2) is 11.6 Å². The molecule has 0 radical (unpaired) electrons. The molecule has 0 saturated heterocycles. The molecule has 16 heavy (non-hydrogen) atoms. The summed E-state index contributed by atoms with van der Waals surface area (Å²) in [6.45, 7) is 0. The van der Waals surface area contributed by atoms with Gasteiger partial charge in [0.1, 0.15) is 5.01 Å². The molecule has 0 aromatic carbocycles. The first kappa shape index (κ1) is 10.7. The predicted octanol–water partition coefficient (Wildman–Crippen LogP) is 3.52. The number of rotatable bonds is 4. The first-order valence-electron chi connectivity index (χ1n) is 6.59. The summed E-state index contributed by atoms with van der Waals surface area (Å²) >= 11 is 1.81. The SMILES string of the molecule is c1csc(C(NC2CCCCC2)C2CC2)n1. The van der Waals surface area contributed by atoms with E-state index in [1.807, 2.05) is 17.5 Å². The highest BCUT2D eigenvalue weighted by molar-refractivity contribution is 7.09. The summed E-state index contributed by atoms with van der Waals surface area (Å²) in [5, 5.41) is 7.29. The molecule has 2 aliphatic carbocycles. The van der Waals surface area contributed by atoms with Crippen LogP contribution in [0.4, 0.5) is 0 Å². The number of nitrogens with zero attached hydrogens (tertiary/aromatic N) is 1. The van der Waals surface area contributed by atoms with Gasteiger partial charge in [-0.25, -0.2) is 4.98 Å². The Labute approximate surface area is 101 Å². The molecule has 0 spiro atoms. The fourth-order valence-corrected chi connectivity index (χ4v) is 3.54. The predicted molar refractivity (Wildman–Crippen MR) is 67.6 cm³/mol. The fraction of sp³-hybridized carbons (Fsp3) is 0.769. The molecular weight excluding hydrogens is 216 g/mol. The molecule has 1 aromatic rings. The number of hydrogen-bond acceptors (Lipinski definition) is 3. The number of aromatic nitrogens is 1. The van der Waals surface area contributed by atoms with E-state index >= 15 is 0 Å². The highest BCUT2D eigenvalue weighted by atomic mass is 32.1. The molecule has 1 atom stereocenters. The standard InChI is InChI=1S/C13H20N2S/c1-2-4-11(5-3-1)15-12(10-6-7-10)13-14-8-9-16-13/h8-12,15H,1-7H2. The van der Waals surface area contributed by atoms with Gasteiger partial charge in [0.15, 0.2) is 0 Å². The van der Waals surface area contributed by atoms with Crippen LogP contribution in [-0.4, -0.2) is 11.0 Å². The third kappa shape index (κ3) is 2.46. The lowest BCUT2D eigenvalue weighted by Crippen LogP contribution is -2.35. The van der Waals surface area contributed by atoms with E-state index in [9.17, 15) is 0 Å². The van der Waals surface area contributed by atoms with Gasteiger partial charge in [0, 0.05) is 17.6 Å². The van der Waals surface area contributed by atoms with Crippen LogP contribution in [0.1, 0.15) is 56.0 Å². The lowest BCUT2D eigenvalue weighted by molar-refractivity contribution is 0.322. The summed E-state index contributed by atoms with van der Waals surface area (Å²) in [5.41, 5.74) is 0. The molecule has 1 unspecified atom stereocenters. The van der Waals surface area contributed by atoms with E-state index in [0.29, 0.717) is 6.04 Å². The van der Waals surface area contributed by atoms with Crippen LogP contribution in [0.2, 0.25) is 0 Å². The van der Waals surface area contributed by atoms with Gasteiger partial charge in [0.05, 0.1) is 6.04 Å². The van der Waals surface area contributed by atoms with Crippen LogP contribution in [0.5, 0.6) is 0 Å². The zero-order valence-electron chi connectivity index (χ0n) is 9.69. The van der Waals surface area contributed by atoms with Gasteiger partial charge in [-0.05, 0) is 31.6 Å². The average molecular weight is 236 g/mol. The smallest absolute Gasteiger partial charge is 0.110 e. The molecule has 88 valence electrons. The fourth-order valence-electron chi connectivity index (χ4n) is 2.75. The van der Waals surface area contributed by atoms with Crippen molar-refractivity contribution in [3.63, 3.8) is 0 Å². The minimum absolute atomic E-state index is 0.558. The molecule has 3 rings (SSSR count). The Kier molecular flexibility index (Phi) is 3.25. The Morgan fingerprint density at radius 1 is 1.19 bits per heavy atom. The zero-order valence-corrected chi connectivity index (χ0v) is 10.5. The molecule has 2 fully saturated rings. The number of nitrogens with one attached hydrogen (secondary N) is 1. The largest absolute Gasteiger partial charge is 0.305 e. The van der Waals surface area contributed by atoms with E-state index in [1.165, 1.54) is 50.0 Å². The van der Waals surface area contributed by atoms with Crippen molar-refractivity contribution in [2.45, 2.75) is 57.0 Å². The van der Waals surface area contributed by atoms with Crippen molar-refractivity contribution in [3.05, 3.63) is 16.6 Å². The minimum atomic E-state index is 0.558. The molecule has 0 bridgehead atoms. The Morgan fingerprint density at radius 3 is 2.62 bits per heavy atom. The molecule has 2 nitrogen and oxygen atoms in total. The lowest BCUT2D eigenvalue weighted by Gasteiger charge is -2.27. The van der Waals surface area contributed by atoms with E-state index < -0.39 is 0 Å². The summed E-state index contributed by atoms with van der Waals surface area (Å²) < 4.78 is 0. The second kappa shape index (κ2) is 4.84. The number of hydrogen-bond donors (Lipinski definition) is 1. The van der Waals surface area contributed by atoms with Crippen LogP contribution >= 0.6 is 11.3 Å². The van der Waals surface area contributed by atoms with Crippen molar-refractivity contribution in [2.24, 2.45) is 5.92 Å². The Bertz CT molecular complexity index is 313. The molecule has 2 saturated carbocycles. The summed E-state index contributed by atoms with van der Waals surface area (Å²) in [6, 6.07) is 1.31. The maximum absolute atomic E-state index is 4.50. The van der Waals surface area contributed by atoms with Crippen molar-refractivity contribution in [1.29, 1.82) is 0 Å². The van der Waals surface area contributed by atoms with Gasteiger partial charge in [-0.1, -0.05) is 19.3 Å². The topological polar surface area (TPSA) is 24.9 Å². The highest BCUT2D eigenvalue weighted by Gasteiger charge is 2.35. The van der Waals surface area contributed by atoms with Crippen LogP contribution in [0.3, 0.4) is 0 Å². The van der Waals surface area contributed by atoms with Gasteiger partial charge in [-0.2, -0.15) is 0 Å². The van der Waals surface area contributed by atoms with Crippen LogP contribution in [-0.2, 0) is 0 Å². The normalized spacial score (nSPS) is 24.5. The van der Waals surface area contributed by atoms with Crippen LogP contribution in [0.25, 0.3) is 0 Å².